The van der Waals surface area contributed by atoms with Crippen molar-refractivity contribution in [1.29, 1.82) is 0 Å². The van der Waals surface area contributed by atoms with Gasteiger partial charge in [-0.15, -0.1) is 11.3 Å². The van der Waals surface area contributed by atoms with Crippen molar-refractivity contribution in [2.24, 2.45) is 0 Å². The zero-order valence-electron chi connectivity index (χ0n) is 12.4. The van der Waals surface area contributed by atoms with E-state index < -0.39 is 0 Å². The Labute approximate surface area is 136 Å². The molecule has 23 heavy (non-hydrogen) atoms. The van der Waals surface area contributed by atoms with Crippen molar-refractivity contribution in [1.82, 2.24) is 15.5 Å². The smallest absolute Gasteiger partial charge is 0.231 e. The van der Waals surface area contributed by atoms with Gasteiger partial charge >= 0.3 is 0 Å². The number of amides is 1. The van der Waals surface area contributed by atoms with E-state index in [0.717, 1.165) is 15.3 Å². The zero-order chi connectivity index (χ0) is 16.2. The number of carbonyl (C=O) groups is 1. The van der Waals surface area contributed by atoms with Crippen molar-refractivity contribution < 1.29 is 13.7 Å². The Hall–Kier alpha value is -2.54. The fourth-order valence-corrected chi connectivity index (χ4v) is 2.88. The Morgan fingerprint density at radius 1 is 1.26 bits per heavy atom. The molecule has 0 unspecified atom stereocenters. The Morgan fingerprint density at radius 3 is 2.78 bits per heavy atom. The Morgan fingerprint density at radius 2 is 2.04 bits per heavy atom. The molecule has 2 aromatic heterocycles. The minimum absolute atomic E-state index is 0.0684. The van der Waals surface area contributed by atoms with Gasteiger partial charge in [0.15, 0.2) is 0 Å². The van der Waals surface area contributed by atoms with Gasteiger partial charge < -0.3 is 9.84 Å². The maximum absolute atomic E-state index is 12.9. The highest BCUT2D eigenvalue weighted by Crippen LogP contribution is 2.26. The molecule has 3 aromatic rings. The van der Waals surface area contributed by atoms with Crippen LogP contribution in [0.15, 0.2) is 40.9 Å². The van der Waals surface area contributed by atoms with Crippen LogP contribution < -0.4 is 5.32 Å². The molecule has 0 fully saturated rings. The summed E-state index contributed by atoms with van der Waals surface area (Å²) in [4.78, 5) is 17.2. The number of rotatable bonds is 5. The molecule has 0 aliphatic carbocycles. The summed E-state index contributed by atoms with van der Waals surface area (Å²) in [5, 5.41) is 6.72. The summed E-state index contributed by atoms with van der Waals surface area (Å²) in [5.74, 6) is 0.649. The van der Waals surface area contributed by atoms with E-state index in [-0.39, 0.29) is 11.7 Å². The van der Waals surface area contributed by atoms with Crippen LogP contribution in [0.2, 0.25) is 0 Å². The second-order valence-corrected chi connectivity index (χ2v) is 6.16. The largest absolute Gasteiger partial charge is 0.351 e. The predicted molar refractivity (Wildman–Crippen MR) is 84.3 cm³/mol. The molecule has 0 atom stereocenters. The number of aromatic nitrogens is 2. The second kappa shape index (κ2) is 6.70. The molecule has 118 valence electrons. The first-order valence-corrected chi connectivity index (χ1v) is 7.82. The highest BCUT2D eigenvalue weighted by atomic mass is 32.1. The van der Waals surface area contributed by atoms with E-state index in [2.05, 4.69) is 15.5 Å². The lowest BCUT2D eigenvalue weighted by molar-refractivity contribution is -0.119. The number of halogens is 1. The highest BCUT2D eigenvalue weighted by molar-refractivity contribution is 7.15. The topological polar surface area (TPSA) is 68.0 Å². The molecule has 0 saturated carbocycles. The molecule has 0 radical (unpaired) electrons. The molecule has 0 aliphatic rings. The van der Waals surface area contributed by atoms with Gasteiger partial charge in [0.2, 0.25) is 17.6 Å². The van der Waals surface area contributed by atoms with Gasteiger partial charge in [0.05, 0.1) is 17.8 Å². The number of hydrogen-bond donors (Lipinski definition) is 1. The van der Waals surface area contributed by atoms with Crippen molar-refractivity contribution in [3.8, 4) is 10.7 Å². The van der Waals surface area contributed by atoms with Crippen molar-refractivity contribution in [2.45, 2.75) is 19.9 Å². The van der Waals surface area contributed by atoms with Gasteiger partial charge in [-0.25, -0.2) is 4.39 Å². The maximum atomic E-state index is 12.9. The number of benzene rings is 1. The van der Waals surface area contributed by atoms with Crippen molar-refractivity contribution >= 4 is 17.2 Å². The first-order chi connectivity index (χ1) is 11.1. The van der Waals surface area contributed by atoms with Gasteiger partial charge in [-0.3, -0.25) is 4.79 Å². The van der Waals surface area contributed by atoms with Crippen LogP contribution in [-0.4, -0.2) is 16.0 Å². The molecule has 1 N–H and O–H groups in total. The molecule has 0 spiro atoms. The summed E-state index contributed by atoms with van der Waals surface area (Å²) in [7, 11) is 0. The van der Waals surface area contributed by atoms with Crippen LogP contribution in [0.5, 0.6) is 0 Å². The van der Waals surface area contributed by atoms with Crippen LogP contribution >= 0.6 is 11.3 Å². The standard InChI is InChI=1S/C16H14FN3O2S/c1-10(21)18-9-13-6-7-14(23-13)16-19-15(22-20-16)8-11-2-4-12(17)5-3-11/h2-7H,8-9H2,1H3,(H,18,21). The summed E-state index contributed by atoms with van der Waals surface area (Å²) >= 11 is 1.50. The number of nitrogens with one attached hydrogen (secondary N) is 1. The van der Waals surface area contributed by atoms with Crippen LogP contribution in [-0.2, 0) is 17.8 Å². The number of carbonyl (C=O) groups excluding carboxylic acids is 1. The number of hydrogen-bond acceptors (Lipinski definition) is 5. The molecule has 3 rings (SSSR count). The highest BCUT2D eigenvalue weighted by Gasteiger charge is 2.12. The fraction of sp³-hybridized carbons (Fsp3) is 0.188. The molecule has 1 amide bonds. The first-order valence-electron chi connectivity index (χ1n) is 7.01. The second-order valence-electron chi connectivity index (χ2n) is 4.99. The summed E-state index contributed by atoms with van der Waals surface area (Å²) < 4.78 is 18.1. The van der Waals surface area contributed by atoms with Crippen molar-refractivity contribution in [2.75, 3.05) is 0 Å². The van der Waals surface area contributed by atoms with Gasteiger partial charge in [0.25, 0.3) is 0 Å². The van der Waals surface area contributed by atoms with E-state index in [1.807, 2.05) is 12.1 Å². The molecule has 1 aromatic carbocycles. The Bertz CT molecular complexity index is 811. The summed E-state index contributed by atoms with van der Waals surface area (Å²) in [6.45, 7) is 1.97. The first kappa shape index (κ1) is 15.4. The summed E-state index contributed by atoms with van der Waals surface area (Å²) in [6.07, 6.45) is 0.456. The molecule has 5 nitrogen and oxygen atoms in total. The quantitative estimate of drug-likeness (QED) is 0.780. The monoisotopic (exact) mass is 331 g/mol. The van der Waals surface area contributed by atoms with Crippen LogP contribution in [0.25, 0.3) is 10.7 Å². The Balaban J connectivity index is 1.69. The minimum atomic E-state index is -0.273. The molecule has 2 heterocycles. The van der Waals surface area contributed by atoms with Gasteiger partial charge in [0, 0.05) is 11.8 Å². The third-order valence-electron chi connectivity index (χ3n) is 3.13. The molecule has 0 saturated heterocycles. The van der Waals surface area contributed by atoms with Crippen LogP contribution in [0.3, 0.4) is 0 Å². The summed E-state index contributed by atoms with van der Waals surface area (Å²) in [6, 6.07) is 10.0. The van der Waals surface area contributed by atoms with Crippen LogP contribution in [0, 0.1) is 5.82 Å². The molecular weight excluding hydrogens is 317 g/mol. The number of nitrogens with zero attached hydrogens (tertiary/aromatic N) is 2. The maximum Gasteiger partial charge on any atom is 0.231 e. The lowest BCUT2D eigenvalue weighted by Gasteiger charge is -1.96. The Kier molecular flexibility index (Phi) is 4.47. The molecule has 0 aliphatic heterocycles. The van der Waals surface area contributed by atoms with E-state index in [4.69, 9.17) is 4.52 Å². The zero-order valence-corrected chi connectivity index (χ0v) is 13.2. The molecular formula is C16H14FN3O2S. The fourth-order valence-electron chi connectivity index (χ4n) is 2.01. The van der Waals surface area contributed by atoms with Gasteiger partial charge in [0.1, 0.15) is 5.82 Å². The SMILES string of the molecule is CC(=O)NCc1ccc(-c2noc(Cc3ccc(F)cc3)n2)s1. The average molecular weight is 331 g/mol. The van der Waals surface area contributed by atoms with Gasteiger partial charge in [-0.05, 0) is 29.8 Å². The van der Waals surface area contributed by atoms with E-state index in [9.17, 15) is 9.18 Å². The lowest BCUT2D eigenvalue weighted by atomic mass is 10.1. The third-order valence-corrected chi connectivity index (χ3v) is 4.21. The van der Waals surface area contributed by atoms with E-state index in [1.54, 1.807) is 12.1 Å². The average Bonchev–Trinajstić information content (AvgIpc) is 3.16. The van der Waals surface area contributed by atoms with E-state index in [1.165, 1.54) is 30.4 Å². The lowest BCUT2D eigenvalue weighted by Crippen LogP contribution is -2.17. The normalized spacial score (nSPS) is 10.7. The van der Waals surface area contributed by atoms with Gasteiger partial charge in [-0.2, -0.15) is 4.98 Å². The van der Waals surface area contributed by atoms with E-state index in [0.29, 0.717) is 24.7 Å². The van der Waals surface area contributed by atoms with Crippen molar-refractivity contribution in [3.05, 3.63) is 58.5 Å². The van der Waals surface area contributed by atoms with E-state index >= 15 is 0 Å². The van der Waals surface area contributed by atoms with Gasteiger partial charge in [-0.1, -0.05) is 17.3 Å². The van der Waals surface area contributed by atoms with Crippen molar-refractivity contribution in [3.63, 3.8) is 0 Å². The van der Waals surface area contributed by atoms with Crippen LogP contribution in [0.1, 0.15) is 23.3 Å². The minimum Gasteiger partial charge on any atom is -0.351 e. The number of thiophene rings is 1. The van der Waals surface area contributed by atoms with Crippen LogP contribution in [0.4, 0.5) is 4.39 Å². The third kappa shape index (κ3) is 4.01. The molecule has 0 bridgehead atoms. The molecule has 7 heteroatoms. The summed E-state index contributed by atoms with van der Waals surface area (Å²) in [5.41, 5.74) is 0.902. The predicted octanol–water partition coefficient (Wildman–Crippen LogP) is 3.16.